The number of urea groups is 1. The Morgan fingerprint density at radius 2 is 1.77 bits per heavy atom. The van der Waals surface area contributed by atoms with Gasteiger partial charge in [-0.25, -0.2) is 4.79 Å². The van der Waals surface area contributed by atoms with Crippen LogP contribution in [0.5, 0.6) is 5.75 Å². The molecule has 0 unspecified atom stereocenters. The van der Waals surface area contributed by atoms with Gasteiger partial charge in [-0.1, -0.05) is 42.0 Å². The third-order valence-corrected chi connectivity index (χ3v) is 4.48. The summed E-state index contributed by atoms with van der Waals surface area (Å²) < 4.78 is 5.22. The minimum atomic E-state index is -0.326. The standard InChI is InChI=1S/C20H23N3O3/c1-14-3-5-15(6-4-14)19(16-7-9-17(26-2)10-8-16)22-13-18(24)23-12-11-21-20(23)25/h3-10,19,22H,11-13H2,1-2H3,(H,21,25)/t19-/m0/s1. The third kappa shape index (κ3) is 4.03. The molecule has 1 fully saturated rings. The molecule has 6 heteroatoms. The predicted octanol–water partition coefficient (Wildman–Crippen LogP) is 2.23. The van der Waals surface area contributed by atoms with Crippen molar-refractivity contribution >= 4 is 11.9 Å². The number of carbonyl (C=O) groups excluding carboxylic acids is 2. The summed E-state index contributed by atoms with van der Waals surface area (Å²) in [6.45, 7) is 3.04. The highest BCUT2D eigenvalue weighted by molar-refractivity contribution is 5.96. The van der Waals surface area contributed by atoms with Gasteiger partial charge in [0.05, 0.1) is 19.7 Å². The Labute approximate surface area is 153 Å². The van der Waals surface area contributed by atoms with Crippen molar-refractivity contribution in [1.82, 2.24) is 15.5 Å². The van der Waals surface area contributed by atoms with E-state index in [-0.39, 0.29) is 24.5 Å². The molecule has 0 bridgehead atoms. The summed E-state index contributed by atoms with van der Waals surface area (Å²) in [5.41, 5.74) is 3.25. The Hall–Kier alpha value is -2.86. The van der Waals surface area contributed by atoms with Crippen molar-refractivity contribution in [3.05, 3.63) is 65.2 Å². The van der Waals surface area contributed by atoms with Gasteiger partial charge in [-0.2, -0.15) is 0 Å². The SMILES string of the molecule is COc1ccc([C@@H](NCC(=O)N2CCNC2=O)c2ccc(C)cc2)cc1. The second-order valence-corrected chi connectivity index (χ2v) is 6.28. The van der Waals surface area contributed by atoms with Crippen LogP contribution in [0.1, 0.15) is 22.7 Å². The van der Waals surface area contributed by atoms with Crippen molar-refractivity contribution in [1.29, 1.82) is 0 Å². The van der Waals surface area contributed by atoms with Gasteiger partial charge in [0.25, 0.3) is 0 Å². The zero-order valence-corrected chi connectivity index (χ0v) is 15.0. The number of benzene rings is 2. The van der Waals surface area contributed by atoms with Crippen molar-refractivity contribution in [3.8, 4) is 5.75 Å². The van der Waals surface area contributed by atoms with E-state index in [2.05, 4.69) is 10.6 Å². The molecule has 1 saturated heterocycles. The van der Waals surface area contributed by atoms with Crippen LogP contribution in [-0.4, -0.2) is 43.6 Å². The first-order valence-electron chi connectivity index (χ1n) is 8.60. The van der Waals surface area contributed by atoms with Crippen molar-refractivity contribution in [2.75, 3.05) is 26.7 Å². The first-order valence-corrected chi connectivity index (χ1v) is 8.60. The van der Waals surface area contributed by atoms with Crippen LogP contribution in [-0.2, 0) is 4.79 Å². The summed E-state index contributed by atoms with van der Waals surface area (Å²) in [4.78, 5) is 25.3. The molecule has 2 aromatic rings. The predicted molar refractivity (Wildman–Crippen MR) is 99.1 cm³/mol. The molecular formula is C20H23N3O3. The fourth-order valence-electron chi connectivity index (χ4n) is 2.98. The Morgan fingerprint density at radius 1 is 1.15 bits per heavy atom. The summed E-state index contributed by atoms with van der Waals surface area (Å²) in [5.74, 6) is 0.548. The molecule has 0 aliphatic carbocycles. The maximum Gasteiger partial charge on any atom is 0.324 e. The lowest BCUT2D eigenvalue weighted by molar-refractivity contribution is -0.126. The van der Waals surface area contributed by atoms with E-state index in [9.17, 15) is 9.59 Å². The molecule has 26 heavy (non-hydrogen) atoms. The highest BCUT2D eigenvalue weighted by Gasteiger charge is 2.26. The number of nitrogens with zero attached hydrogens (tertiary/aromatic N) is 1. The number of nitrogens with one attached hydrogen (secondary N) is 2. The van der Waals surface area contributed by atoms with E-state index in [0.717, 1.165) is 16.9 Å². The Balaban J connectivity index is 1.79. The van der Waals surface area contributed by atoms with E-state index < -0.39 is 0 Å². The molecule has 1 aliphatic rings. The summed E-state index contributed by atoms with van der Waals surface area (Å²) >= 11 is 0. The minimum Gasteiger partial charge on any atom is -0.497 e. The molecule has 1 atom stereocenters. The summed E-state index contributed by atoms with van der Waals surface area (Å²) in [6.07, 6.45) is 0. The summed E-state index contributed by atoms with van der Waals surface area (Å²) in [6, 6.07) is 15.4. The summed E-state index contributed by atoms with van der Waals surface area (Å²) in [7, 11) is 1.63. The van der Waals surface area contributed by atoms with Crippen LogP contribution >= 0.6 is 0 Å². The lowest BCUT2D eigenvalue weighted by Gasteiger charge is -2.21. The lowest BCUT2D eigenvalue weighted by Crippen LogP contribution is -2.41. The molecular weight excluding hydrogens is 330 g/mol. The topological polar surface area (TPSA) is 70.7 Å². The monoisotopic (exact) mass is 353 g/mol. The van der Waals surface area contributed by atoms with Crippen molar-refractivity contribution in [2.24, 2.45) is 0 Å². The molecule has 6 nitrogen and oxygen atoms in total. The molecule has 0 aromatic heterocycles. The number of ether oxygens (including phenoxy) is 1. The van der Waals surface area contributed by atoms with E-state index in [1.54, 1.807) is 7.11 Å². The van der Waals surface area contributed by atoms with Gasteiger partial charge in [0.2, 0.25) is 5.91 Å². The van der Waals surface area contributed by atoms with Crippen molar-refractivity contribution in [2.45, 2.75) is 13.0 Å². The van der Waals surface area contributed by atoms with Gasteiger partial charge < -0.3 is 10.1 Å². The van der Waals surface area contributed by atoms with Crippen LogP contribution in [0.25, 0.3) is 0 Å². The second-order valence-electron chi connectivity index (χ2n) is 6.28. The van der Waals surface area contributed by atoms with Gasteiger partial charge in [-0.15, -0.1) is 0 Å². The quantitative estimate of drug-likeness (QED) is 0.836. The third-order valence-electron chi connectivity index (χ3n) is 4.48. The molecule has 0 spiro atoms. The van der Waals surface area contributed by atoms with Gasteiger partial charge >= 0.3 is 6.03 Å². The first kappa shape index (κ1) is 17.9. The van der Waals surface area contributed by atoms with Crippen LogP contribution in [0, 0.1) is 6.92 Å². The number of carbonyl (C=O) groups is 2. The second kappa shape index (κ2) is 8.01. The fraction of sp³-hybridized carbons (Fsp3) is 0.300. The molecule has 3 rings (SSSR count). The highest BCUT2D eigenvalue weighted by atomic mass is 16.5. The lowest BCUT2D eigenvalue weighted by atomic mass is 9.97. The Morgan fingerprint density at radius 3 is 2.31 bits per heavy atom. The van der Waals surface area contributed by atoms with Gasteiger partial charge in [0.1, 0.15) is 5.75 Å². The van der Waals surface area contributed by atoms with Crippen LogP contribution in [0.4, 0.5) is 4.79 Å². The van der Waals surface area contributed by atoms with E-state index in [1.165, 1.54) is 10.5 Å². The summed E-state index contributed by atoms with van der Waals surface area (Å²) in [5, 5.41) is 5.94. The number of amides is 3. The van der Waals surface area contributed by atoms with Crippen LogP contribution < -0.4 is 15.4 Å². The minimum absolute atomic E-state index is 0.0813. The molecule has 2 aromatic carbocycles. The first-order chi connectivity index (χ1) is 12.6. The molecule has 1 aliphatic heterocycles. The number of rotatable bonds is 6. The number of imide groups is 1. The van der Waals surface area contributed by atoms with Crippen molar-refractivity contribution in [3.63, 3.8) is 0 Å². The largest absolute Gasteiger partial charge is 0.497 e. The van der Waals surface area contributed by atoms with E-state index in [4.69, 9.17) is 4.74 Å². The van der Waals surface area contributed by atoms with Gasteiger partial charge in [0, 0.05) is 13.1 Å². The Kier molecular flexibility index (Phi) is 5.53. The molecule has 1 heterocycles. The average Bonchev–Trinajstić information content (AvgIpc) is 3.09. The average molecular weight is 353 g/mol. The van der Waals surface area contributed by atoms with Gasteiger partial charge in [-0.05, 0) is 30.2 Å². The molecule has 0 radical (unpaired) electrons. The van der Waals surface area contributed by atoms with E-state index in [1.807, 2.05) is 55.5 Å². The fourth-order valence-corrected chi connectivity index (χ4v) is 2.98. The van der Waals surface area contributed by atoms with E-state index in [0.29, 0.717) is 13.1 Å². The molecule has 0 saturated carbocycles. The number of hydrogen-bond acceptors (Lipinski definition) is 4. The zero-order chi connectivity index (χ0) is 18.5. The van der Waals surface area contributed by atoms with Crippen molar-refractivity contribution < 1.29 is 14.3 Å². The molecule has 3 amide bonds. The smallest absolute Gasteiger partial charge is 0.324 e. The maximum absolute atomic E-state index is 12.4. The van der Waals surface area contributed by atoms with E-state index >= 15 is 0 Å². The molecule has 136 valence electrons. The van der Waals surface area contributed by atoms with Gasteiger partial charge in [0.15, 0.2) is 0 Å². The van der Waals surface area contributed by atoms with Crippen LogP contribution in [0.3, 0.4) is 0 Å². The van der Waals surface area contributed by atoms with Crippen LogP contribution in [0.15, 0.2) is 48.5 Å². The Bertz CT molecular complexity index is 772. The highest BCUT2D eigenvalue weighted by Crippen LogP contribution is 2.24. The van der Waals surface area contributed by atoms with Crippen LogP contribution in [0.2, 0.25) is 0 Å². The molecule has 2 N–H and O–H groups in total. The zero-order valence-electron chi connectivity index (χ0n) is 15.0. The number of aryl methyl sites for hydroxylation is 1. The maximum atomic E-state index is 12.4. The van der Waals surface area contributed by atoms with Gasteiger partial charge in [-0.3, -0.25) is 15.0 Å². The number of methoxy groups -OCH3 is 1. The number of hydrogen-bond donors (Lipinski definition) is 2. The normalized spacial score (nSPS) is 14.8.